The maximum Gasteiger partial charge on any atom is 0.349 e. The van der Waals surface area contributed by atoms with Crippen LogP contribution >= 0.6 is 11.3 Å². The highest BCUT2D eigenvalue weighted by Crippen LogP contribution is 2.22. The molecule has 0 aromatic carbocycles. The van der Waals surface area contributed by atoms with Gasteiger partial charge in [0.1, 0.15) is 9.77 Å². The Balaban J connectivity index is 2.89. The fraction of sp³-hybridized carbons (Fsp3) is 0.250. The van der Waals surface area contributed by atoms with Crippen LogP contribution in [0.5, 0.6) is 0 Å². The molecule has 18 heavy (non-hydrogen) atoms. The zero-order valence-corrected chi connectivity index (χ0v) is 10.7. The van der Waals surface area contributed by atoms with Gasteiger partial charge in [-0.1, -0.05) is 4.89 Å². The number of hydrogen-bond donors (Lipinski definition) is 2. The van der Waals surface area contributed by atoms with E-state index in [0.29, 0.717) is 0 Å². The Morgan fingerprint density at radius 1 is 1.50 bits per heavy atom. The number of rotatable bonds is 6. The third-order valence-electron chi connectivity index (χ3n) is 1.65. The number of hydrogen-bond acceptors (Lipinski definition) is 7. The molecule has 1 heterocycles. The molecule has 0 aliphatic carbocycles. The molecular weight excluding hydrogens is 286 g/mol. The molecule has 1 aromatic rings. The van der Waals surface area contributed by atoms with E-state index < -0.39 is 28.6 Å². The fourth-order valence-corrected chi connectivity index (χ4v) is 3.11. The Morgan fingerprint density at radius 3 is 2.72 bits per heavy atom. The molecule has 8 nitrogen and oxygen atoms in total. The molecule has 0 unspecified atom stereocenters. The van der Waals surface area contributed by atoms with E-state index in [4.69, 9.17) is 5.11 Å². The summed E-state index contributed by atoms with van der Waals surface area (Å²) in [5.74, 6) is -2.14. The van der Waals surface area contributed by atoms with Crippen LogP contribution < -0.4 is 4.89 Å². The maximum absolute atomic E-state index is 11.7. The van der Waals surface area contributed by atoms with E-state index in [9.17, 15) is 18.0 Å². The number of aliphatic carboxylic acids is 1. The Morgan fingerprint density at radius 2 is 2.17 bits per heavy atom. The predicted octanol–water partition coefficient (Wildman–Crippen LogP) is -0.171. The molecule has 0 saturated carbocycles. The quantitative estimate of drug-likeness (QED) is 0.552. The van der Waals surface area contributed by atoms with Crippen LogP contribution in [0.3, 0.4) is 0 Å². The minimum absolute atomic E-state index is 0.121. The number of carboxylic acids is 1. The molecule has 0 aliphatic heterocycles. The van der Waals surface area contributed by atoms with Crippen LogP contribution in [0, 0.1) is 0 Å². The van der Waals surface area contributed by atoms with Crippen molar-refractivity contribution in [3.8, 4) is 0 Å². The summed E-state index contributed by atoms with van der Waals surface area (Å²) in [7, 11) is -3.01. The molecule has 1 rings (SSSR count). The van der Waals surface area contributed by atoms with Crippen LogP contribution in [0.25, 0.3) is 0 Å². The van der Waals surface area contributed by atoms with Gasteiger partial charge in [-0.25, -0.2) is 18.0 Å². The number of carbonyl (C=O) groups excluding carboxylic acids is 1. The van der Waals surface area contributed by atoms with Gasteiger partial charge < -0.3 is 9.84 Å². The lowest BCUT2D eigenvalue weighted by Gasteiger charge is -2.05. The molecule has 0 amide bonds. The van der Waals surface area contributed by atoms with E-state index >= 15 is 0 Å². The van der Waals surface area contributed by atoms with Gasteiger partial charge in [-0.3, -0.25) is 4.84 Å². The lowest BCUT2D eigenvalue weighted by molar-refractivity contribution is -0.143. The highest BCUT2D eigenvalue weighted by atomic mass is 32.2. The van der Waals surface area contributed by atoms with Crippen LogP contribution in [0.15, 0.2) is 16.3 Å². The summed E-state index contributed by atoms with van der Waals surface area (Å²) in [4.78, 5) is 26.9. The van der Waals surface area contributed by atoms with Crippen molar-refractivity contribution in [3.05, 3.63) is 16.3 Å². The van der Waals surface area contributed by atoms with E-state index in [1.807, 2.05) is 0 Å². The van der Waals surface area contributed by atoms with Gasteiger partial charge in [0.15, 0.2) is 6.61 Å². The van der Waals surface area contributed by atoms with E-state index in [0.717, 1.165) is 18.4 Å². The van der Waals surface area contributed by atoms with Crippen molar-refractivity contribution in [1.82, 2.24) is 4.89 Å². The zero-order valence-electron chi connectivity index (χ0n) is 9.08. The first-order valence-electron chi connectivity index (χ1n) is 4.39. The Bertz CT molecular complexity index is 548. The number of nitrogens with one attached hydrogen (secondary N) is 1. The third kappa shape index (κ3) is 3.50. The smallest absolute Gasteiger partial charge is 0.349 e. The zero-order chi connectivity index (χ0) is 13.8. The van der Waals surface area contributed by atoms with Gasteiger partial charge in [-0.15, -0.1) is 11.3 Å². The average Bonchev–Trinajstić information content (AvgIpc) is 2.76. The summed E-state index contributed by atoms with van der Waals surface area (Å²) in [6.07, 6.45) is 0. The van der Waals surface area contributed by atoms with Crippen LogP contribution in [0.2, 0.25) is 0 Å². The molecule has 10 heteroatoms. The maximum atomic E-state index is 11.7. The number of methoxy groups -OCH3 is 1. The highest BCUT2D eigenvalue weighted by molar-refractivity contribution is 7.89. The summed E-state index contributed by atoms with van der Waals surface area (Å²) in [6.45, 7) is -0.836. The summed E-state index contributed by atoms with van der Waals surface area (Å²) >= 11 is 0.883. The topological polar surface area (TPSA) is 119 Å². The second-order valence-electron chi connectivity index (χ2n) is 2.87. The van der Waals surface area contributed by atoms with E-state index in [-0.39, 0.29) is 9.77 Å². The highest BCUT2D eigenvalue weighted by Gasteiger charge is 2.25. The minimum atomic E-state index is -4.12. The van der Waals surface area contributed by atoms with Crippen molar-refractivity contribution in [2.75, 3.05) is 13.7 Å². The van der Waals surface area contributed by atoms with Gasteiger partial charge >= 0.3 is 11.9 Å². The first kappa shape index (κ1) is 14.6. The molecule has 100 valence electrons. The van der Waals surface area contributed by atoms with E-state index in [1.165, 1.54) is 11.4 Å². The largest absolute Gasteiger partial charge is 0.479 e. The van der Waals surface area contributed by atoms with Gasteiger partial charge in [0.2, 0.25) is 0 Å². The standard InChI is InChI=1S/C8H9NO7S2/c1-15-8(12)7-5(2-3-17-7)18(13,14)9-16-4-6(10)11/h2-3,9H,4H2,1H3,(H,10,11). The predicted molar refractivity (Wildman–Crippen MR) is 59.6 cm³/mol. The van der Waals surface area contributed by atoms with Gasteiger partial charge in [-0.05, 0) is 11.4 Å². The molecule has 2 N–H and O–H groups in total. The van der Waals surface area contributed by atoms with Crippen molar-refractivity contribution in [2.45, 2.75) is 4.90 Å². The second kappa shape index (κ2) is 5.91. The third-order valence-corrected chi connectivity index (χ3v) is 3.93. The summed E-state index contributed by atoms with van der Waals surface area (Å²) in [5.41, 5.74) is 0. The second-order valence-corrected chi connectivity index (χ2v) is 5.40. The number of esters is 1. The van der Waals surface area contributed by atoms with Crippen molar-refractivity contribution >= 4 is 33.3 Å². The first-order chi connectivity index (χ1) is 8.38. The van der Waals surface area contributed by atoms with Gasteiger partial charge in [0.05, 0.1) is 7.11 Å². The van der Waals surface area contributed by atoms with Gasteiger partial charge in [-0.2, -0.15) is 0 Å². The number of ether oxygens (including phenoxy) is 1. The average molecular weight is 295 g/mol. The molecular formula is C8H9NO7S2. The van der Waals surface area contributed by atoms with Crippen molar-refractivity contribution < 1.29 is 32.7 Å². The minimum Gasteiger partial charge on any atom is -0.479 e. The molecule has 0 spiro atoms. The van der Waals surface area contributed by atoms with Gasteiger partial charge in [0, 0.05) is 0 Å². The molecule has 0 aliphatic rings. The van der Waals surface area contributed by atoms with Crippen LogP contribution in [0.1, 0.15) is 9.67 Å². The monoisotopic (exact) mass is 295 g/mol. The summed E-state index contributed by atoms with van der Waals surface area (Å²) in [5, 5.41) is 9.68. The van der Waals surface area contributed by atoms with Crippen molar-refractivity contribution in [1.29, 1.82) is 0 Å². The summed E-state index contributed by atoms with van der Waals surface area (Å²) < 4.78 is 27.8. The van der Waals surface area contributed by atoms with Crippen molar-refractivity contribution in [3.63, 3.8) is 0 Å². The number of thiophene rings is 1. The van der Waals surface area contributed by atoms with Gasteiger partial charge in [0.25, 0.3) is 10.0 Å². The van der Waals surface area contributed by atoms with E-state index in [2.05, 4.69) is 9.57 Å². The summed E-state index contributed by atoms with van der Waals surface area (Å²) in [6, 6.07) is 1.18. The SMILES string of the molecule is COC(=O)c1sccc1S(=O)(=O)NOCC(=O)O. The molecule has 0 saturated heterocycles. The van der Waals surface area contributed by atoms with E-state index in [1.54, 1.807) is 4.89 Å². The molecule has 0 fully saturated rings. The van der Waals surface area contributed by atoms with Crippen LogP contribution in [0.4, 0.5) is 0 Å². The van der Waals surface area contributed by atoms with Crippen LogP contribution in [-0.2, 0) is 24.4 Å². The number of carbonyl (C=O) groups is 2. The molecule has 0 radical (unpaired) electrons. The lowest BCUT2D eigenvalue weighted by atomic mass is 10.5. The first-order valence-corrected chi connectivity index (χ1v) is 6.76. The van der Waals surface area contributed by atoms with Crippen molar-refractivity contribution in [2.24, 2.45) is 0 Å². The number of sulfonamides is 1. The van der Waals surface area contributed by atoms with Crippen LogP contribution in [-0.4, -0.2) is 39.2 Å². The fourth-order valence-electron chi connectivity index (χ4n) is 0.964. The normalized spacial score (nSPS) is 11.2. The Hall–Kier alpha value is -1.49. The molecule has 0 atom stereocenters. The lowest BCUT2D eigenvalue weighted by Crippen LogP contribution is -2.27. The Labute approximate surface area is 106 Å². The Kier molecular flexibility index (Phi) is 4.78. The number of carboxylic acid groups (broad SMARTS) is 1. The molecule has 0 bridgehead atoms. The molecule has 1 aromatic heterocycles.